The number of hydrogen-bond acceptors (Lipinski definition) is 27. The molecule has 6 aromatic heterocycles. The summed E-state index contributed by atoms with van der Waals surface area (Å²) < 4.78 is 65.5. The van der Waals surface area contributed by atoms with Crippen molar-refractivity contribution in [2.75, 3.05) is 72.7 Å². The predicted octanol–water partition coefficient (Wildman–Crippen LogP) is -1.19. The van der Waals surface area contributed by atoms with Crippen molar-refractivity contribution in [1.82, 2.24) is 88.2 Å². The Balaban J connectivity index is 0.000000343. The molecule has 2 aliphatic rings. The summed E-state index contributed by atoms with van der Waals surface area (Å²) in [7, 11) is 1.00. The van der Waals surface area contributed by atoms with E-state index in [9.17, 15) is 105 Å². The number of phenolic OH excluding ortho intramolecular Hbond substituents is 4. The first-order valence-electron chi connectivity index (χ1n) is 37.2. The Labute approximate surface area is 715 Å². The first-order valence-corrected chi connectivity index (χ1v) is 37.2. The summed E-state index contributed by atoms with van der Waals surface area (Å²) in [5, 5.41) is 73.1. The van der Waals surface area contributed by atoms with Gasteiger partial charge in [0.05, 0.1) is 67.1 Å². The van der Waals surface area contributed by atoms with E-state index in [0.29, 0.717) is 91.2 Å². The van der Waals surface area contributed by atoms with Crippen LogP contribution in [-0.2, 0) is 61.4 Å². The van der Waals surface area contributed by atoms with Crippen molar-refractivity contribution in [1.29, 1.82) is 0 Å². The second-order valence-electron chi connectivity index (χ2n) is 26.7. The molecule has 0 saturated carbocycles. The first-order chi connectivity index (χ1) is 57.5. The number of aromatic amines is 7. The summed E-state index contributed by atoms with van der Waals surface area (Å²) >= 11 is 0. The monoisotopic (exact) mass is 1740 g/mol. The Bertz CT molecular complexity index is 5860. The van der Waals surface area contributed by atoms with Crippen molar-refractivity contribution in [2.24, 2.45) is 0 Å². The number of aliphatic hydroxyl groups is 1. The molecule has 0 bridgehead atoms. The number of esters is 2. The number of carbonyl (C=O) groups excluding carboxylic acids is 3. The average Bonchev–Trinajstić information content (AvgIpc) is 1.62. The van der Waals surface area contributed by atoms with Crippen molar-refractivity contribution in [3.8, 4) is 57.1 Å². The van der Waals surface area contributed by atoms with Crippen LogP contribution in [0.25, 0.3) is 34.2 Å². The molecule has 41 nitrogen and oxygen atoms in total. The summed E-state index contributed by atoms with van der Waals surface area (Å²) in [5.74, 6) is -6.16. The Morgan fingerprint density at radius 2 is 0.894 bits per heavy atom. The summed E-state index contributed by atoms with van der Waals surface area (Å²) in [5.41, 5.74) is -2.81. The van der Waals surface area contributed by atoms with Gasteiger partial charge in [0.1, 0.15) is 23.0 Å². The number of H-pyrrole nitrogens is 7. The number of carboxylic acid groups (broad SMARTS) is 1. The zero-order valence-corrected chi connectivity index (χ0v) is 70.1. The number of amides is 1. The number of rotatable bonds is 22. The fourth-order valence-electron chi connectivity index (χ4n) is 11.5. The van der Waals surface area contributed by atoms with Gasteiger partial charge in [0, 0.05) is 123 Å². The molecule has 0 radical (unpaired) electrons. The van der Waals surface area contributed by atoms with E-state index >= 15 is 0 Å². The number of aliphatic carboxylic acids is 1. The minimum Gasteiger partial charge on any atom is -0.870 e. The molecule has 2 fully saturated rings. The number of benzene rings is 4. The largest absolute Gasteiger partial charge is 1.00 e. The minimum absolute atomic E-state index is 0. The molecule has 1 amide bonds. The van der Waals surface area contributed by atoms with Gasteiger partial charge < -0.3 is 60.8 Å². The quantitative estimate of drug-likeness (QED) is 0.0164. The van der Waals surface area contributed by atoms with Crippen LogP contribution >= 0.6 is 0 Å². The molecule has 15 N–H and O–H groups in total. The van der Waals surface area contributed by atoms with Gasteiger partial charge in [-0.05, 0) is 84.3 Å². The Morgan fingerprint density at radius 3 is 1.25 bits per heavy atom. The number of aryl methyl sites for hydroxylation is 3. The van der Waals surface area contributed by atoms with Gasteiger partial charge in [0.2, 0.25) is 29.2 Å². The van der Waals surface area contributed by atoms with Crippen LogP contribution in [0.15, 0.2) is 158 Å². The van der Waals surface area contributed by atoms with E-state index in [2.05, 4.69) is 51.6 Å². The number of carbonyl (C=O) groups is 4. The summed E-state index contributed by atoms with van der Waals surface area (Å²) in [6, 6.07) is 21.0. The van der Waals surface area contributed by atoms with Gasteiger partial charge in [-0.25, -0.2) is 52.9 Å². The van der Waals surface area contributed by atoms with Crippen LogP contribution in [0.5, 0.6) is 23.0 Å². The maximum Gasteiger partial charge on any atom is 1.00 e. The minimum atomic E-state index is -1.12. The van der Waals surface area contributed by atoms with E-state index in [-0.39, 0.29) is 133 Å². The fourth-order valence-corrected chi connectivity index (χ4v) is 11.5. The topological polar surface area (TPSA) is 592 Å². The van der Waals surface area contributed by atoms with Crippen LogP contribution in [0.1, 0.15) is 94.9 Å². The Kier molecular flexibility index (Phi) is 41.1. The van der Waals surface area contributed by atoms with Crippen molar-refractivity contribution in [3.05, 3.63) is 260 Å². The van der Waals surface area contributed by atoms with Crippen molar-refractivity contribution >= 4 is 23.8 Å². The molecule has 12 rings (SSSR count). The number of piperazine rings is 2. The van der Waals surface area contributed by atoms with E-state index in [1.807, 2.05) is 74.1 Å². The first kappa shape index (κ1) is 102. The van der Waals surface area contributed by atoms with E-state index in [4.69, 9.17) is 10.2 Å². The van der Waals surface area contributed by atoms with E-state index < -0.39 is 91.6 Å². The third-order valence-electron chi connectivity index (χ3n) is 17.6. The van der Waals surface area contributed by atoms with Gasteiger partial charge >= 0.3 is 81.6 Å². The van der Waals surface area contributed by atoms with Crippen LogP contribution in [-0.4, -0.2) is 215 Å². The molecule has 0 aliphatic carbocycles. The SMILES string of the molecule is C=CC(=O)OCC.CC(C)c1cc(-c2n[nH]c(=O)n2-c2ccc(CN3CCN(C(=O)CCn4cc(F)c(=O)[nH]c4=O)CC3)cc2)c(O)cc1O.CC(C)c1cc(-c2n[nH]c(=O)n2-c2ccc(CN3CCNCC3)cc2)c(O)cc1O.CCOC(=O)CCn1cc(F)c(=O)[nH]c1=O.CO.O=C(O)CCn1cc(F)c(=O)[nH]c1=O.O=c1[nH]cc(F)c(=O)[nH]1.[Na+].[OH-]. The number of ether oxygens (including phenoxy) is 2. The maximum absolute atomic E-state index is 13.5. The Hall–Kier alpha value is -13.2. The number of aromatic nitrogens is 14. The molecule has 2 aliphatic heterocycles. The van der Waals surface area contributed by atoms with E-state index in [0.717, 1.165) is 77.6 Å². The zero-order chi connectivity index (χ0) is 89.5. The molecule has 0 atom stereocenters. The average molecular weight is 1740 g/mol. The van der Waals surface area contributed by atoms with Crippen LogP contribution in [0.3, 0.4) is 0 Å². The fraction of sp³-hybridized carbons (Fsp3) is 0.351. The number of nitrogens with one attached hydrogen (secondary N) is 8. The molecule has 46 heteroatoms. The van der Waals surface area contributed by atoms with Crippen LogP contribution < -0.4 is 91.2 Å². The molecule has 0 unspecified atom stereocenters. The normalized spacial score (nSPS) is 12.2. The molecule has 10 aromatic rings. The number of nitrogens with zero attached hydrogens (tertiary/aromatic N) is 10. The zero-order valence-electron chi connectivity index (χ0n) is 68.1. The van der Waals surface area contributed by atoms with Gasteiger partial charge in [-0.1, -0.05) is 58.5 Å². The predicted molar refractivity (Wildman–Crippen MR) is 431 cm³/mol. The molecular weight excluding hydrogens is 1640 g/mol. The second-order valence-corrected chi connectivity index (χ2v) is 26.7. The molecule has 658 valence electrons. The molecule has 4 aromatic carbocycles. The smallest absolute Gasteiger partial charge is 0.870 e. The standard InChI is InChI=1S/C29H32FN7O6.C22H27N5O3.C9H11FN2O4.C7H7FN2O4.C5H8O2.C4H3FN2O2.CH4O.Na.H2O/c1-17(2)20-13-21(24(39)14-23(20)38)26-32-33-29(43)37(26)19-5-3-18(4-6-19)15-34-9-11-35(12-10-34)25(40)7-8-36-16-22(30)27(41)31-28(36)42;1-14(2)17-11-18(20(29)12-19(17)28)21-24-25-22(30)27(21)16-5-3-15(4-6-16)13-26-9-7-23-8-10-26;1-2-16-7(13)3-4-12-5-6(10)8(14)11-9(12)15;8-4-3-10(2-1-5(11)12)7(14)9-6(4)13;1-3-5(6)7-4-2;5-2-1-6-4(9)7-3(2)8;1-2;;/h3-6,13-14,16-17,38-39H,7-12,15H2,1-2H3,(H,33,43)(H,31,41,42);3-6,11-12,14,23,28-29H,7-10,13H2,1-2H3,(H,25,30);5H,2-4H2,1H3,(H,11,14,15);3H,1-2H2,(H,11,12)(H,9,13,14);3H,1,4H2,2H3;1H,(H2,6,7,8,9);2H,1H3;;1H2/q;;;;;;;+1;/p-1. The van der Waals surface area contributed by atoms with Crippen LogP contribution in [0.2, 0.25) is 0 Å². The van der Waals surface area contributed by atoms with Gasteiger partial charge in [-0.3, -0.25) is 77.0 Å². The van der Waals surface area contributed by atoms with Crippen molar-refractivity contribution < 1.29 is 112 Å². The molecule has 123 heavy (non-hydrogen) atoms. The van der Waals surface area contributed by atoms with E-state index in [1.54, 1.807) is 58.0 Å². The third kappa shape index (κ3) is 30.2. The number of halogens is 4. The van der Waals surface area contributed by atoms with Gasteiger partial charge in [0.15, 0.2) is 11.6 Å². The van der Waals surface area contributed by atoms with Gasteiger partial charge in [0.25, 0.3) is 22.2 Å². The molecule has 8 heterocycles. The van der Waals surface area contributed by atoms with E-state index in [1.165, 1.54) is 26.8 Å². The second kappa shape index (κ2) is 49.5. The number of hydrogen-bond donors (Lipinski definition) is 14. The molecular formula is C77H93F4N18NaO23. The summed E-state index contributed by atoms with van der Waals surface area (Å²) in [6.07, 6.45) is 3.74. The molecule has 0 spiro atoms. The number of aromatic hydroxyl groups is 4. The summed E-state index contributed by atoms with van der Waals surface area (Å²) in [4.78, 5) is 171. The molecule has 2 saturated heterocycles. The van der Waals surface area contributed by atoms with Crippen LogP contribution in [0.4, 0.5) is 17.6 Å². The van der Waals surface area contributed by atoms with Gasteiger partial charge in [-0.15, -0.1) is 0 Å². The Morgan fingerprint density at radius 1 is 0.512 bits per heavy atom. The maximum atomic E-state index is 13.5. The number of aliphatic hydroxyl groups excluding tert-OH is 1. The summed E-state index contributed by atoms with van der Waals surface area (Å²) in [6.45, 7) is 22.5. The van der Waals surface area contributed by atoms with Crippen molar-refractivity contribution in [3.63, 3.8) is 0 Å². The number of phenols is 4. The van der Waals surface area contributed by atoms with Crippen molar-refractivity contribution in [2.45, 2.75) is 105 Å². The van der Waals surface area contributed by atoms with Crippen LogP contribution in [0, 0.1) is 23.3 Å². The third-order valence-corrected chi connectivity index (χ3v) is 17.6. The number of carboxylic acids is 1. The van der Waals surface area contributed by atoms with Gasteiger partial charge in [-0.2, -0.15) is 27.8 Å².